The van der Waals surface area contributed by atoms with Gasteiger partial charge >= 0.3 is 0 Å². The van der Waals surface area contributed by atoms with E-state index in [4.69, 9.17) is 14.3 Å². The van der Waals surface area contributed by atoms with E-state index in [1.54, 1.807) is 24.3 Å². The Morgan fingerprint density at radius 3 is 2.44 bits per heavy atom. The molecule has 1 spiro atoms. The Labute approximate surface area is 201 Å². The molecule has 3 fully saturated rings. The molecule has 178 valence electrons. The Kier molecular flexibility index (Phi) is 5.19. The lowest BCUT2D eigenvalue weighted by Crippen LogP contribution is -2.49. The molecule has 6 rings (SSSR count). The van der Waals surface area contributed by atoms with E-state index in [9.17, 15) is 8.42 Å². The van der Waals surface area contributed by atoms with E-state index in [0.717, 1.165) is 42.6 Å². The van der Waals surface area contributed by atoms with Crippen molar-refractivity contribution in [2.75, 3.05) is 6.61 Å². The summed E-state index contributed by atoms with van der Waals surface area (Å²) in [5.41, 5.74) is 5.82. The highest BCUT2D eigenvalue weighted by Crippen LogP contribution is 2.63. The zero-order valence-electron chi connectivity index (χ0n) is 19.8. The first-order chi connectivity index (χ1) is 16.3. The van der Waals surface area contributed by atoms with E-state index in [1.165, 1.54) is 24.1 Å². The lowest BCUT2D eigenvalue weighted by Gasteiger charge is -2.57. The molecule has 3 saturated carbocycles. The molecule has 0 N–H and O–H groups in total. The second-order valence-electron chi connectivity index (χ2n) is 10.7. The van der Waals surface area contributed by atoms with E-state index >= 15 is 0 Å². The molecule has 2 aromatic heterocycles. The zero-order chi connectivity index (χ0) is 23.5. The number of aryl methyl sites for hydroxylation is 2. The Hall–Kier alpha value is -2.51. The first kappa shape index (κ1) is 22.0. The first-order valence-corrected chi connectivity index (χ1v) is 13.7. The molecule has 0 saturated heterocycles. The van der Waals surface area contributed by atoms with Gasteiger partial charge in [-0.15, -0.1) is 0 Å². The summed E-state index contributed by atoms with van der Waals surface area (Å²) >= 11 is 0. The number of aromatic nitrogens is 3. The van der Waals surface area contributed by atoms with Gasteiger partial charge in [0.25, 0.3) is 10.1 Å². The Bertz CT molecular complexity index is 1310. The average molecular weight is 478 g/mol. The van der Waals surface area contributed by atoms with E-state index < -0.39 is 10.1 Å². The Balaban J connectivity index is 1.06. The molecule has 0 unspecified atom stereocenters. The largest absolute Gasteiger partial charge is 0.296 e. The van der Waals surface area contributed by atoms with Crippen LogP contribution in [0.1, 0.15) is 67.4 Å². The normalized spacial score (nSPS) is 26.3. The highest BCUT2D eigenvalue weighted by Gasteiger charge is 2.54. The van der Waals surface area contributed by atoms with Gasteiger partial charge in [-0.05, 0) is 88.0 Å². The van der Waals surface area contributed by atoms with E-state index in [2.05, 4.69) is 23.0 Å². The molecular weight excluding hydrogens is 446 g/mol. The monoisotopic (exact) mass is 477 g/mol. The SMILES string of the molecule is Cc1ccc(S(=O)(=O)OCC2CC3(C2)CC(n2cc(-c4cccc(C)n4)c(C4CC4)n2)C3)cc1. The third-order valence-corrected chi connectivity index (χ3v) is 9.11. The van der Waals surface area contributed by atoms with Gasteiger partial charge in [0.05, 0.1) is 28.9 Å². The fraction of sp³-hybridized carbons (Fsp3) is 0.481. The second kappa shape index (κ2) is 8.02. The van der Waals surface area contributed by atoms with Gasteiger partial charge in [0, 0.05) is 23.4 Å². The fourth-order valence-corrected chi connectivity index (χ4v) is 6.82. The van der Waals surface area contributed by atoms with Gasteiger partial charge in [0.15, 0.2) is 0 Å². The van der Waals surface area contributed by atoms with Crippen LogP contribution < -0.4 is 0 Å². The van der Waals surface area contributed by atoms with Crippen LogP contribution in [0.25, 0.3) is 11.3 Å². The second-order valence-corrected chi connectivity index (χ2v) is 12.3. The molecule has 7 heteroatoms. The Morgan fingerprint density at radius 2 is 1.76 bits per heavy atom. The number of nitrogens with zero attached hydrogens (tertiary/aromatic N) is 3. The molecule has 6 nitrogen and oxygen atoms in total. The van der Waals surface area contributed by atoms with Gasteiger partial charge in [-0.2, -0.15) is 13.5 Å². The Morgan fingerprint density at radius 1 is 1.03 bits per heavy atom. The molecule has 3 aliphatic carbocycles. The maximum absolute atomic E-state index is 12.5. The van der Waals surface area contributed by atoms with Crippen molar-refractivity contribution < 1.29 is 12.6 Å². The van der Waals surface area contributed by atoms with Crippen molar-refractivity contribution in [3.05, 3.63) is 65.6 Å². The number of rotatable bonds is 7. The third-order valence-electron chi connectivity index (χ3n) is 7.81. The van der Waals surface area contributed by atoms with Crippen molar-refractivity contribution in [2.24, 2.45) is 11.3 Å². The zero-order valence-corrected chi connectivity index (χ0v) is 20.6. The molecular formula is C27H31N3O3S. The summed E-state index contributed by atoms with van der Waals surface area (Å²) in [6, 6.07) is 13.4. The van der Waals surface area contributed by atoms with Crippen molar-refractivity contribution in [3.8, 4) is 11.3 Å². The topological polar surface area (TPSA) is 74.1 Å². The quantitative estimate of drug-likeness (QED) is 0.416. The van der Waals surface area contributed by atoms with Gasteiger partial charge in [0.2, 0.25) is 0 Å². The highest BCUT2D eigenvalue weighted by atomic mass is 32.2. The van der Waals surface area contributed by atoms with Gasteiger partial charge in [-0.3, -0.25) is 13.8 Å². The number of hydrogen-bond acceptors (Lipinski definition) is 5. The lowest BCUT2D eigenvalue weighted by molar-refractivity contribution is -0.0766. The fourth-order valence-electron chi connectivity index (χ4n) is 5.84. The van der Waals surface area contributed by atoms with Gasteiger partial charge in [0.1, 0.15) is 0 Å². The molecule has 0 aliphatic heterocycles. The summed E-state index contributed by atoms with van der Waals surface area (Å²) in [4.78, 5) is 4.98. The molecule has 3 aromatic rings. The van der Waals surface area contributed by atoms with Gasteiger partial charge in [-0.1, -0.05) is 23.8 Å². The van der Waals surface area contributed by atoms with Crippen molar-refractivity contribution in [1.82, 2.24) is 14.8 Å². The van der Waals surface area contributed by atoms with E-state index in [1.807, 2.05) is 19.9 Å². The molecule has 0 amide bonds. The highest BCUT2D eigenvalue weighted by molar-refractivity contribution is 7.86. The van der Waals surface area contributed by atoms with Crippen LogP contribution >= 0.6 is 0 Å². The summed E-state index contributed by atoms with van der Waals surface area (Å²) in [6.45, 7) is 4.25. The summed E-state index contributed by atoms with van der Waals surface area (Å²) in [5.74, 6) is 0.890. The number of hydrogen-bond donors (Lipinski definition) is 0. The molecule has 0 bridgehead atoms. The lowest BCUT2D eigenvalue weighted by atomic mass is 9.50. The maximum Gasteiger partial charge on any atom is 0.296 e. The van der Waals surface area contributed by atoms with Crippen molar-refractivity contribution >= 4 is 10.1 Å². The van der Waals surface area contributed by atoms with Crippen molar-refractivity contribution in [1.29, 1.82) is 0 Å². The van der Waals surface area contributed by atoms with Gasteiger partial charge in [-0.25, -0.2) is 0 Å². The summed E-state index contributed by atoms with van der Waals surface area (Å²) < 4.78 is 32.5. The predicted molar refractivity (Wildman–Crippen MR) is 130 cm³/mol. The van der Waals surface area contributed by atoms with E-state index in [0.29, 0.717) is 23.3 Å². The summed E-state index contributed by atoms with van der Waals surface area (Å²) in [6.07, 6.45) is 8.95. The minimum absolute atomic E-state index is 0.236. The minimum Gasteiger partial charge on any atom is -0.269 e. The molecule has 34 heavy (non-hydrogen) atoms. The van der Waals surface area contributed by atoms with Gasteiger partial charge < -0.3 is 0 Å². The molecule has 2 heterocycles. The van der Waals surface area contributed by atoms with Crippen LogP contribution in [0.15, 0.2) is 53.6 Å². The summed E-state index contributed by atoms with van der Waals surface area (Å²) in [7, 11) is -3.68. The molecule has 0 radical (unpaired) electrons. The molecule has 0 atom stereocenters. The van der Waals surface area contributed by atoms with E-state index in [-0.39, 0.29) is 11.5 Å². The smallest absolute Gasteiger partial charge is 0.269 e. The van der Waals surface area contributed by atoms with Crippen LogP contribution in [0.2, 0.25) is 0 Å². The van der Waals surface area contributed by atoms with Crippen molar-refractivity contribution in [2.45, 2.75) is 69.2 Å². The third kappa shape index (κ3) is 4.09. The average Bonchev–Trinajstić information content (AvgIpc) is 3.51. The van der Waals surface area contributed by atoms with Crippen LogP contribution in [0, 0.1) is 25.2 Å². The maximum atomic E-state index is 12.5. The van der Waals surface area contributed by atoms with Crippen molar-refractivity contribution in [3.63, 3.8) is 0 Å². The standard InChI is InChI=1S/C27H31N3O3S/c1-18-6-10-23(11-7-18)34(31,32)33-17-20-12-27(13-20)14-22(15-27)30-16-24(26(29-30)21-8-9-21)25-5-3-4-19(2)28-25/h3-7,10-11,16,20-22H,8-9,12-15,17H2,1-2H3. The van der Waals surface area contributed by atoms with Crippen LogP contribution in [0.3, 0.4) is 0 Å². The molecule has 1 aromatic carbocycles. The first-order valence-electron chi connectivity index (χ1n) is 12.3. The number of pyridine rings is 1. The minimum atomic E-state index is -3.68. The molecule has 3 aliphatic rings. The van der Waals surface area contributed by atoms with Crippen LogP contribution in [0.5, 0.6) is 0 Å². The van der Waals surface area contributed by atoms with Crippen LogP contribution in [0.4, 0.5) is 0 Å². The van der Waals surface area contributed by atoms with Crippen LogP contribution in [-0.4, -0.2) is 29.8 Å². The summed E-state index contributed by atoms with van der Waals surface area (Å²) in [5, 5.41) is 5.02. The van der Waals surface area contributed by atoms with Crippen LogP contribution in [-0.2, 0) is 14.3 Å². The predicted octanol–water partition coefficient (Wildman–Crippen LogP) is 5.58. The number of benzene rings is 1.